The highest BCUT2D eigenvalue weighted by atomic mass is 16.6. The number of aliphatic hydroxyl groups is 2. The number of carbonyl (C=O) groups excluding carboxylic acids is 3. The van der Waals surface area contributed by atoms with Crippen molar-refractivity contribution < 1.29 is 34.1 Å². The molecule has 6 atom stereocenters. The van der Waals surface area contributed by atoms with Gasteiger partial charge in [-0.2, -0.15) is 0 Å². The molecule has 1 saturated carbocycles. The minimum Gasteiger partial charge on any atom is -0.491 e. The Bertz CT molecular complexity index is 2120. The summed E-state index contributed by atoms with van der Waals surface area (Å²) in [6.45, 7) is -0.283. The number of carbonyl (C=O) groups is 3. The van der Waals surface area contributed by atoms with E-state index in [0.29, 0.717) is 41.0 Å². The first-order valence-corrected chi connectivity index (χ1v) is 18.7. The maximum atomic E-state index is 15.1. The molecule has 10 heteroatoms. The normalized spacial score (nSPS) is 27.1. The number of rotatable bonds is 7. The Labute approximate surface area is 314 Å². The molecule has 3 fully saturated rings. The number of hydrogen-bond donors (Lipinski definition) is 4. The van der Waals surface area contributed by atoms with E-state index in [2.05, 4.69) is 17.2 Å². The number of amides is 2. The van der Waals surface area contributed by atoms with Crippen LogP contribution in [0.5, 0.6) is 5.75 Å². The quantitative estimate of drug-likeness (QED) is 0.115. The van der Waals surface area contributed by atoms with Crippen molar-refractivity contribution in [2.75, 3.05) is 18.5 Å². The Morgan fingerprint density at radius 1 is 0.889 bits per heavy atom. The molecular formula is C44H43N3O7. The van der Waals surface area contributed by atoms with Crippen LogP contribution in [0.3, 0.4) is 0 Å². The van der Waals surface area contributed by atoms with Crippen molar-refractivity contribution in [2.24, 2.45) is 11.7 Å². The maximum Gasteiger partial charge on any atom is 0.324 e. The third-order valence-electron chi connectivity index (χ3n) is 11.5. The van der Waals surface area contributed by atoms with Gasteiger partial charge >= 0.3 is 5.97 Å². The number of anilines is 1. The molecule has 8 rings (SSSR count). The van der Waals surface area contributed by atoms with E-state index in [9.17, 15) is 19.8 Å². The number of benzene rings is 4. The van der Waals surface area contributed by atoms with Crippen LogP contribution in [0.2, 0.25) is 0 Å². The molecule has 0 unspecified atom stereocenters. The van der Waals surface area contributed by atoms with Crippen LogP contribution in [0.1, 0.15) is 84.5 Å². The van der Waals surface area contributed by atoms with Crippen LogP contribution in [-0.2, 0) is 24.5 Å². The van der Waals surface area contributed by atoms with E-state index in [4.69, 9.17) is 15.2 Å². The first-order chi connectivity index (χ1) is 26.3. The summed E-state index contributed by atoms with van der Waals surface area (Å²) in [6.07, 6.45) is 4.20. The van der Waals surface area contributed by atoms with E-state index < -0.39 is 58.9 Å². The molecular weight excluding hydrogens is 682 g/mol. The average molecular weight is 726 g/mol. The number of ether oxygens (including phenoxy) is 2. The topological polar surface area (TPSA) is 151 Å². The van der Waals surface area contributed by atoms with Gasteiger partial charge in [-0.25, -0.2) is 0 Å². The van der Waals surface area contributed by atoms with Crippen LogP contribution >= 0.6 is 0 Å². The summed E-state index contributed by atoms with van der Waals surface area (Å²) in [6, 6.07) is 28.6. The maximum absolute atomic E-state index is 15.1. The van der Waals surface area contributed by atoms with E-state index in [1.165, 1.54) is 0 Å². The highest BCUT2D eigenvalue weighted by Crippen LogP contribution is 2.65. The third-order valence-corrected chi connectivity index (χ3v) is 11.5. The third kappa shape index (κ3) is 5.93. The highest BCUT2D eigenvalue weighted by Gasteiger charge is 2.74. The minimum atomic E-state index is -1.76. The molecule has 4 aliphatic rings. The fourth-order valence-corrected chi connectivity index (χ4v) is 9.29. The molecule has 0 bridgehead atoms. The first kappa shape index (κ1) is 35.6. The predicted octanol–water partition coefficient (Wildman–Crippen LogP) is 5.25. The van der Waals surface area contributed by atoms with Crippen molar-refractivity contribution >= 4 is 23.5 Å². The SMILES string of the molecule is NC(=O)[C@@H]1[C@H]2C(=O)O[C@H](c3ccccc3)[C@H](c3ccccc3)N2[C@H](c2ccccc2OCCO)[C@@]12C(=O)Nc1ccc(C#CC3(O)CCCCCC3)cc12. The number of para-hydroxylation sites is 1. The van der Waals surface area contributed by atoms with E-state index in [1.54, 1.807) is 30.3 Å². The van der Waals surface area contributed by atoms with Gasteiger partial charge in [0.25, 0.3) is 0 Å². The Morgan fingerprint density at radius 2 is 1.56 bits per heavy atom. The second-order valence-corrected chi connectivity index (χ2v) is 14.7. The van der Waals surface area contributed by atoms with Crippen LogP contribution in [-0.4, -0.2) is 57.8 Å². The van der Waals surface area contributed by atoms with Gasteiger partial charge in [0.2, 0.25) is 11.8 Å². The van der Waals surface area contributed by atoms with Gasteiger partial charge in [0.15, 0.2) is 0 Å². The minimum absolute atomic E-state index is 0.0262. The van der Waals surface area contributed by atoms with Crippen LogP contribution in [0.4, 0.5) is 5.69 Å². The van der Waals surface area contributed by atoms with Crippen molar-refractivity contribution in [1.29, 1.82) is 0 Å². The van der Waals surface area contributed by atoms with Crippen molar-refractivity contribution in [1.82, 2.24) is 4.90 Å². The molecule has 276 valence electrons. The summed E-state index contributed by atoms with van der Waals surface area (Å²) in [4.78, 5) is 45.8. The predicted molar refractivity (Wildman–Crippen MR) is 201 cm³/mol. The van der Waals surface area contributed by atoms with Crippen molar-refractivity contribution in [3.63, 3.8) is 0 Å². The Balaban J connectivity index is 1.40. The second-order valence-electron chi connectivity index (χ2n) is 14.7. The Kier molecular flexibility index (Phi) is 9.48. The van der Waals surface area contributed by atoms with Gasteiger partial charge in [-0.05, 0) is 66.6 Å². The average Bonchev–Trinajstić information content (AvgIpc) is 3.55. The number of primary amides is 1. The lowest BCUT2D eigenvalue weighted by molar-refractivity contribution is -0.178. The number of morpholine rings is 1. The van der Waals surface area contributed by atoms with Crippen molar-refractivity contribution in [3.8, 4) is 17.6 Å². The smallest absolute Gasteiger partial charge is 0.324 e. The van der Waals surface area contributed by atoms with E-state index in [-0.39, 0.29) is 13.2 Å². The number of cyclic esters (lactones) is 1. The van der Waals surface area contributed by atoms with Crippen LogP contribution in [0.25, 0.3) is 0 Å². The lowest BCUT2D eigenvalue weighted by Crippen LogP contribution is -2.53. The van der Waals surface area contributed by atoms with Crippen LogP contribution in [0, 0.1) is 17.8 Å². The molecule has 3 heterocycles. The standard InChI is InChI=1S/C44H43N3O7/c45-40(49)35-37-41(50)54-38(30-15-7-4-8-16-30)36(29-13-5-3-6-14-29)47(37)39(31-17-9-10-18-34(31)53-26-25-48)44(35)32-27-28(19-20-33(32)46-42(44)51)21-24-43(52)22-11-1-2-12-23-43/h3-10,13-20,27,35-39,48,52H,1-2,11-12,22-23,25-26H2,(H2,45,49)(H,46,51)/t35-,36-,37-,38+,39+,44-/m0/s1. The van der Waals surface area contributed by atoms with Crippen LogP contribution < -0.4 is 15.8 Å². The number of hydrogen-bond acceptors (Lipinski definition) is 8. The van der Waals surface area contributed by atoms with Gasteiger partial charge in [-0.15, -0.1) is 0 Å². The molecule has 1 spiro atoms. The number of esters is 1. The summed E-state index contributed by atoms with van der Waals surface area (Å²) in [5.74, 6) is 3.31. The van der Waals surface area contributed by atoms with Crippen molar-refractivity contribution in [2.45, 2.75) is 73.8 Å². The van der Waals surface area contributed by atoms with Gasteiger partial charge in [0.1, 0.15) is 35.5 Å². The Morgan fingerprint density at radius 3 is 2.24 bits per heavy atom. The summed E-state index contributed by atoms with van der Waals surface area (Å²) >= 11 is 0. The molecule has 10 nitrogen and oxygen atoms in total. The number of nitrogens with two attached hydrogens (primary N) is 1. The zero-order chi connectivity index (χ0) is 37.5. The van der Waals surface area contributed by atoms with Gasteiger partial charge in [-0.3, -0.25) is 19.3 Å². The lowest BCUT2D eigenvalue weighted by atomic mass is 9.65. The molecule has 1 aliphatic carbocycles. The fraction of sp³-hybridized carbons (Fsp3) is 0.341. The summed E-state index contributed by atoms with van der Waals surface area (Å²) < 4.78 is 12.5. The molecule has 4 aromatic carbocycles. The summed E-state index contributed by atoms with van der Waals surface area (Å²) in [5.41, 5.74) is 7.03. The molecule has 0 radical (unpaired) electrons. The number of nitrogens with zero attached hydrogens (tertiary/aromatic N) is 1. The second kappa shape index (κ2) is 14.4. The number of fused-ring (bicyclic) bond motifs is 3. The highest BCUT2D eigenvalue weighted by molar-refractivity contribution is 6.12. The van der Waals surface area contributed by atoms with E-state index >= 15 is 4.79 Å². The molecule has 0 aromatic heterocycles. The van der Waals surface area contributed by atoms with Gasteiger partial charge in [0, 0.05) is 16.8 Å². The largest absolute Gasteiger partial charge is 0.491 e. The van der Waals surface area contributed by atoms with Gasteiger partial charge in [-0.1, -0.05) is 104 Å². The first-order valence-electron chi connectivity index (χ1n) is 18.7. The zero-order valence-corrected chi connectivity index (χ0v) is 29.8. The molecule has 4 aromatic rings. The lowest BCUT2D eigenvalue weighted by Gasteiger charge is -2.46. The van der Waals surface area contributed by atoms with Crippen molar-refractivity contribution in [3.05, 3.63) is 131 Å². The summed E-state index contributed by atoms with van der Waals surface area (Å²) in [7, 11) is 0. The Hall–Kier alpha value is -5.47. The molecule has 5 N–H and O–H groups in total. The molecule has 3 aliphatic heterocycles. The molecule has 54 heavy (non-hydrogen) atoms. The van der Waals surface area contributed by atoms with Crippen LogP contribution in [0.15, 0.2) is 103 Å². The fourth-order valence-electron chi connectivity index (χ4n) is 9.29. The number of aliphatic hydroxyl groups excluding tert-OH is 1. The van der Waals surface area contributed by atoms with E-state index in [0.717, 1.165) is 36.8 Å². The monoisotopic (exact) mass is 725 g/mol. The van der Waals surface area contributed by atoms with Gasteiger partial charge < -0.3 is 30.7 Å². The molecule has 2 amide bonds. The number of nitrogens with one attached hydrogen (secondary N) is 1. The van der Waals surface area contributed by atoms with E-state index in [1.807, 2.05) is 77.7 Å². The zero-order valence-electron chi connectivity index (χ0n) is 29.8. The summed E-state index contributed by atoms with van der Waals surface area (Å²) in [5, 5.41) is 24.2. The molecule has 2 saturated heterocycles. The van der Waals surface area contributed by atoms with Gasteiger partial charge in [0.05, 0.1) is 24.6 Å².